The van der Waals surface area contributed by atoms with Crippen molar-refractivity contribution in [3.05, 3.63) is 58.0 Å². The molecule has 3 rings (SSSR count). The Labute approximate surface area is 141 Å². The molecule has 0 spiro atoms. The van der Waals surface area contributed by atoms with Gasteiger partial charge < -0.3 is 15.2 Å². The van der Waals surface area contributed by atoms with Gasteiger partial charge in [-0.25, -0.2) is 0 Å². The fraction of sp³-hybridized carbons (Fsp3) is 0.294. The highest BCUT2D eigenvalue weighted by Gasteiger charge is 2.32. The molecule has 0 unspecified atom stereocenters. The zero-order chi connectivity index (χ0) is 18.0. The largest absolute Gasteiger partial charge is 0.416 e. The van der Waals surface area contributed by atoms with Gasteiger partial charge in [0.25, 0.3) is 5.91 Å². The number of halogens is 3. The van der Waals surface area contributed by atoms with E-state index in [2.05, 4.69) is 10.3 Å². The molecule has 2 heterocycles. The normalized spacial score (nSPS) is 14.6. The number of amides is 1. The molecule has 1 aromatic heterocycles. The number of aromatic nitrogens is 1. The average molecular weight is 351 g/mol. The number of anilines is 2. The van der Waals surface area contributed by atoms with Gasteiger partial charge in [-0.1, -0.05) is 0 Å². The second-order valence-corrected chi connectivity index (χ2v) is 5.82. The Balaban J connectivity index is 1.94. The summed E-state index contributed by atoms with van der Waals surface area (Å²) in [5.74, 6) is -0.587. The lowest BCUT2D eigenvalue weighted by Gasteiger charge is -2.23. The lowest BCUT2D eigenvalue weighted by atomic mass is 10.1. The zero-order valence-electron chi connectivity index (χ0n) is 13.2. The summed E-state index contributed by atoms with van der Waals surface area (Å²) in [6.45, 7) is 1.46. The molecule has 2 aromatic rings. The summed E-state index contributed by atoms with van der Waals surface area (Å²) in [4.78, 5) is 27.7. The SMILES string of the molecule is O=C(Nc1cc(C(F)(F)F)ccc1N1CCCC1)c1ccc(=O)[nH]c1. The first-order valence-electron chi connectivity index (χ1n) is 7.81. The maximum atomic E-state index is 13.0. The van der Waals surface area contributed by atoms with Gasteiger partial charge in [0, 0.05) is 25.4 Å². The van der Waals surface area contributed by atoms with Crippen LogP contribution >= 0.6 is 0 Å². The van der Waals surface area contributed by atoms with Crippen molar-refractivity contribution in [1.29, 1.82) is 0 Å². The van der Waals surface area contributed by atoms with Crippen LogP contribution in [0.5, 0.6) is 0 Å². The summed E-state index contributed by atoms with van der Waals surface area (Å²) in [5.41, 5.74) is -0.374. The third-order valence-corrected chi connectivity index (χ3v) is 4.07. The highest BCUT2D eigenvalue weighted by Crippen LogP contribution is 2.36. The van der Waals surface area contributed by atoms with Crippen molar-refractivity contribution in [3.63, 3.8) is 0 Å². The smallest absolute Gasteiger partial charge is 0.370 e. The number of alkyl halides is 3. The zero-order valence-corrected chi connectivity index (χ0v) is 13.2. The molecule has 5 nitrogen and oxygen atoms in total. The van der Waals surface area contributed by atoms with Crippen LogP contribution in [0.1, 0.15) is 28.8 Å². The van der Waals surface area contributed by atoms with Gasteiger partial charge in [0.05, 0.1) is 22.5 Å². The summed E-state index contributed by atoms with van der Waals surface area (Å²) in [6.07, 6.45) is -1.37. The van der Waals surface area contributed by atoms with Crippen molar-refractivity contribution in [2.24, 2.45) is 0 Å². The molecule has 0 saturated carbocycles. The van der Waals surface area contributed by atoms with E-state index in [9.17, 15) is 22.8 Å². The molecule has 0 atom stereocenters. The van der Waals surface area contributed by atoms with Gasteiger partial charge in [-0.05, 0) is 37.1 Å². The molecule has 1 fully saturated rings. The molecule has 8 heteroatoms. The number of nitrogens with zero attached hydrogens (tertiary/aromatic N) is 1. The Morgan fingerprint density at radius 1 is 1.12 bits per heavy atom. The van der Waals surface area contributed by atoms with E-state index < -0.39 is 17.6 Å². The van der Waals surface area contributed by atoms with E-state index >= 15 is 0 Å². The van der Waals surface area contributed by atoms with E-state index in [1.165, 1.54) is 24.4 Å². The monoisotopic (exact) mass is 351 g/mol. The molecule has 1 amide bonds. The summed E-state index contributed by atoms with van der Waals surface area (Å²) in [6, 6.07) is 5.84. The summed E-state index contributed by atoms with van der Waals surface area (Å²) in [7, 11) is 0. The van der Waals surface area contributed by atoms with Crippen LogP contribution in [0.25, 0.3) is 0 Å². The number of carbonyl (C=O) groups is 1. The van der Waals surface area contributed by atoms with Crippen molar-refractivity contribution in [2.75, 3.05) is 23.3 Å². The first kappa shape index (κ1) is 17.1. The molecule has 1 aliphatic rings. The Kier molecular flexibility index (Phi) is 4.52. The average Bonchev–Trinajstić information content (AvgIpc) is 3.08. The summed E-state index contributed by atoms with van der Waals surface area (Å²) < 4.78 is 39.0. The Morgan fingerprint density at radius 2 is 1.84 bits per heavy atom. The number of benzene rings is 1. The maximum absolute atomic E-state index is 13.0. The first-order valence-corrected chi connectivity index (χ1v) is 7.81. The van der Waals surface area contributed by atoms with Crippen molar-refractivity contribution >= 4 is 17.3 Å². The summed E-state index contributed by atoms with van der Waals surface area (Å²) >= 11 is 0. The van der Waals surface area contributed by atoms with E-state index in [0.29, 0.717) is 5.69 Å². The van der Waals surface area contributed by atoms with E-state index in [4.69, 9.17) is 0 Å². The van der Waals surface area contributed by atoms with Crippen LogP contribution in [0.4, 0.5) is 24.5 Å². The van der Waals surface area contributed by atoms with Crippen LogP contribution in [0.3, 0.4) is 0 Å². The quantitative estimate of drug-likeness (QED) is 0.892. The van der Waals surface area contributed by atoms with Gasteiger partial charge in [0.15, 0.2) is 0 Å². The number of nitrogens with one attached hydrogen (secondary N) is 2. The number of hydrogen-bond acceptors (Lipinski definition) is 3. The van der Waals surface area contributed by atoms with Gasteiger partial charge in [-0.2, -0.15) is 13.2 Å². The first-order chi connectivity index (χ1) is 11.8. The van der Waals surface area contributed by atoms with Gasteiger partial charge in [0.2, 0.25) is 5.56 Å². The van der Waals surface area contributed by atoms with Crippen LogP contribution in [-0.4, -0.2) is 24.0 Å². The van der Waals surface area contributed by atoms with Crippen LogP contribution < -0.4 is 15.8 Å². The molecule has 2 N–H and O–H groups in total. The van der Waals surface area contributed by atoms with E-state index in [0.717, 1.165) is 38.1 Å². The second kappa shape index (κ2) is 6.62. The van der Waals surface area contributed by atoms with Crippen molar-refractivity contribution in [1.82, 2.24) is 4.98 Å². The second-order valence-electron chi connectivity index (χ2n) is 5.82. The molecular weight excluding hydrogens is 335 g/mol. The molecule has 0 bridgehead atoms. The highest BCUT2D eigenvalue weighted by molar-refractivity contribution is 6.05. The van der Waals surface area contributed by atoms with E-state index in [1.54, 1.807) is 0 Å². The number of carbonyl (C=O) groups excluding carboxylic acids is 1. The molecule has 1 aromatic carbocycles. The highest BCUT2D eigenvalue weighted by atomic mass is 19.4. The number of hydrogen-bond donors (Lipinski definition) is 2. The molecule has 1 saturated heterocycles. The predicted molar refractivity (Wildman–Crippen MR) is 87.9 cm³/mol. The Bertz CT molecular complexity index is 819. The third kappa shape index (κ3) is 3.84. The Hall–Kier alpha value is -2.77. The molecule has 0 aliphatic carbocycles. The van der Waals surface area contributed by atoms with Gasteiger partial charge in [-0.3, -0.25) is 9.59 Å². The number of pyridine rings is 1. The molecular formula is C17H16F3N3O2. The van der Waals surface area contributed by atoms with Crippen molar-refractivity contribution < 1.29 is 18.0 Å². The molecule has 1 aliphatic heterocycles. The van der Waals surface area contributed by atoms with E-state index in [-0.39, 0.29) is 16.8 Å². The maximum Gasteiger partial charge on any atom is 0.416 e. The predicted octanol–water partition coefficient (Wildman–Crippen LogP) is 3.25. The Morgan fingerprint density at radius 3 is 2.44 bits per heavy atom. The summed E-state index contributed by atoms with van der Waals surface area (Å²) in [5, 5.41) is 2.53. The lowest BCUT2D eigenvalue weighted by molar-refractivity contribution is -0.137. The lowest BCUT2D eigenvalue weighted by Crippen LogP contribution is -2.22. The van der Waals surface area contributed by atoms with Crippen molar-refractivity contribution in [3.8, 4) is 0 Å². The van der Waals surface area contributed by atoms with Gasteiger partial charge in [0.1, 0.15) is 0 Å². The minimum absolute atomic E-state index is 0.105. The fourth-order valence-corrected chi connectivity index (χ4v) is 2.79. The minimum Gasteiger partial charge on any atom is -0.370 e. The molecule has 132 valence electrons. The standard InChI is InChI=1S/C17H16F3N3O2/c18-17(19,20)12-4-5-14(23-7-1-2-8-23)13(9-12)22-16(25)11-3-6-15(24)21-10-11/h3-6,9-10H,1-2,7-8H2,(H,21,24)(H,22,25). The third-order valence-electron chi connectivity index (χ3n) is 4.07. The number of aromatic amines is 1. The number of H-pyrrole nitrogens is 1. The van der Waals surface area contributed by atoms with E-state index in [1.807, 2.05) is 4.90 Å². The van der Waals surface area contributed by atoms with Crippen LogP contribution in [-0.2, 0) is 6.18 Å². The van der Waals surface area contributed by atoms with Crippen LogP contribution in [0.15, 0.2) is 41.3 Å². The van der Waals surface area contributed by atoms with Crippen LogP contribution in [0.2, 0.25) is 0 Å². The topological polar surface area (TPSA) is 65.2 Å². The van der Waals surface area contributed by atoms with Crippen LogP contribution in [0, 0.1) is 0 Å². The molecule has 25 heavy (non-hydrogen) atoms. The van der Waals surface area contributed by atoms with Gasteiger partial charge in [-0.15, -0.1) is 0 Å². The molecule has 0 radical (unpaired) electrons. The fourth-order valence-electron chi connectivity index (χ4n) is 2.79. The minimum atomic E-state index is -4.50. The number of rotatable bonds is 3. The van der Waals surface area contributed by atoms with Gasteiger partial charge >= 0.3 is 6.18 Å². The van der Waals surface area contributed by atoms with Crippen molar-refractivity contribution in [2.45, 2.75) is 19.0 Å².